The number of fused-ring (bicyclic) bond motifs is 2. The minimum Gasteiger partial charge on any atom is -0.378 e. The zero-order valence-corrected chi connectivity index (χ0v) is 14.6. The number of hydrogen-bond donors (Lipinski definition) is 2. The molecule has 8 heteroatoms. The van der Waals surface area contributed by atoms with Crippen molar-refractivity contribution in [3.8, 4) is 0 Å². The van der Waals surface area contributed by atoms with Crippen LogP contribution in [0.5, 0.6) is 0 Å². The molecule has 3 aromatic heterocycles. The summed E-state index contributed by atoms with van der Waals surface area (Å²) in [5.41, 5.74) is 3.76. The summed E-state index contributed by atoms with van der Waals surface area (Å²) in [4.78, 5) is 22.8. The van der Waals surface area contributed by atoms with E-state index in [4.69, 9.17) is 4.74 Å². The van der Waals surface area contributed by atoms with Crippen molar-refractivity contribution in [1.29, 1.82) is 0 Å². The first-order valence-electron chi connectivity index (χ1n) is 8.84. The fraction of sp³-hybridized carbons (Fsp3) is 0.211. The fourth-order valence-electron chi connectivity index (χ4n) is 3.31. The van der Waals surface area contributed by atoms with Crippen LogP contribution in [0.4, 0.5) is 11.6 Å². The van der Waals surface area contributed by atoms with Gasteiger partial charge in [0.2, 0.25) is 5.95 Å². The second kappa shape index (κ2) is 6.40. The third kappa shape index (κ3) is 2.89. The maximum atomic E-state index is 12.7. The van der Waals surface area contributed by atoms with Gasteiger partial charge >= 0.3 is 0 Å². The number of hydrogen-bond acceptors (Lipinski definition) is 5. The van der Waals surface area contributed by atoms with Crippen LogP contribution < -0.4 is 10.2 Å². The number of pyridine rings is 1. The monoisotopic (exact) mass is 362 g/mol. The molecule has 4 aromatic rings. The third-order valence-electron chi connectivity index (χ3n) is 4.71. The van der Waals surface area contributed by atoms with Gasteiger partial charge in [0.15, 0.2) is 0 Å². The highest BCUT2D eigenvalue weighted by molar-refractivity contribution is 6.09. The van der Waals surface area contributed by atoms with Crippen molar-refractivity contribution in [2.75, 3.05) is 36.5 Å². The maximum absolute atomic E-state index is 12.7. The fourth-order valence-corrected chi connectivity index (χ4v) is 3.31. The van der Waals surface area contributed by atoms with Gasteiger partial charge in [-0.3, -0.25) is 4.79 Å². The quantitative estimate of drug-likeness (QED) is 0.584. The molecular formula is C19H18N6O2. The molecule has 136 valence electrons. The lowest BCUT2D eigenvalue weighted by Gasteiger charge is -2.26. The van der Waals surface area contributed by atoms with E-state index in [9.17, 15) is 4.79 Å². The normalized spacial score (nSPS) is 14.7. The predicted molar refractivity (Wildman–Crippen MR) is 102 cm³/mol. The Bertz CT molecular complexity index is 1130. The van der Waals surface area contributed by atoms with Crippen molar-refractivity contribution in [3.05, 3.63) is 54.4 Å². The average Bonchev–Trinajstić information content (AvgIpc) is 3.32. The molecule has 0 aliphatic carbocycles. The SMILES string of the molecule is O=C(Nc1ccc2nc(N3CCOCC3)[nH]c2c1)c1cnn2ccccc12. The summed E-state index contributed by atoms with van der Waals surface area (Å²) in [5, 5.41) is 7.15. The first-order chi connectivity index (χ1) is 13.3. The molecule has 0 radical (unpaired) electrons. The second-order valence-corrected chi connectivity index (χ2v) is 6.43. The Hall–Kier alpha value is -3.39. The van der Waals surface area contributed by atoms with Gasteiger partial charge in [-0.1, -0.05) is 6.07 Å². The van der Waals surface area contributed by atoms with E-state index in [1.165, 1.54) is 0 Å². The predicted octanol–water partition coefficient (Wildman–Crippen LogP) is 2.30. The Morgan fingerprint density at radius 3 is 2.96 bits per heavy atom. The summed E-state index contributed by atoms with van der Waals surface area (Å²) in [5.74, 6) is 0.642. The largest absolute Gasteiger partial charge is 0.378 e. The van der Waals surface area contributed by atoms with Crippen molar-refractivity contribution in [3.63, 3.8) is 0 Å². The zero-order valence-electron chi connectivity index (χ0n) is 14.6. The molecule has 0 unspecified atom stereocenters. The Morgan fingerprint density at radius 2 is 2.07 bits per heavy atom. The van der Waals surface area contributed by atoms with E-state index in [2.05, 4.69) is 25.3 Å². The minimum atomic E-state index is -0.191. The van der Waals surface area contributed by atoms with Crippen LogP contribution in [0.3, 0.4) is 0 Å². The maximum Gasteiger partial charge on any atom is 0.259 e. The first kappa shape index (κ1) is 15.8. The van der Waals surface area contributed by atoms with Crippen molar-refractivity contribution in [2.45, 2.75) is 0 Å². The number of benzene rings is 1. The van der Waals surface area contributed by atoms with Crippen molar-refractivity contribution in [2.24, 2.45) is 0 Å². The first-order valence-corrected chi connectivity index (χ1v) is 8.84. The number of aromatic amines is 1. The Kier molecular flexibility index (Phi) is 3.75. The van der Waals surface area contributed by atoms with E-state index in [-0.39, 0.29) is 5.91 Å². The van der Waals surface area contributed by atoms with Gasteiger partial charge in [-0.25, -0.2) is 9.50 Å². The Balaban J connectivity index is 1.40. The number of aromatic nitrogens is 4. The van der Waals surface area contributed by atoms with Gasteiger partial charge in [0.25, 0.3) is 5.91 Å². The van der Waals surface area contributed by atoms with Crippen LogP contribution in [0.1, 0.15) is 10.4 Å². The number of carbonyl (C=O) groups is 1. The Morgan fingerprint density at radius 1 is 1.19 bits per heavy atom. The van der Waals surface area contributed by atoms with Crippen LogP contribution in [0.25, 0.3) is 16.6 Å². The standard InChI is InChI=1S/C19H18N6O2/c26-18(14-12-20-25-6-2-1-3-17(14)25)21-13-4-5-15-16(11-13)23-19(22-15)24-7-9-27-10-8-24/h1-6,11-12H,7-10H2,(H,21,26)(H,22,23). The number of nitrogens with one attached hydrogen (secondary N) is 2. The van der Waals surface area contributed by atoms with E-state index in [0.29, 0.717) is 24.5 Å². The molecule has 1 aromatic carbocycles. The highest BCUT2D eigenvalue weighted by Crippen LogP contribution is 2.22. The number of morpholine rings is 1. The molecule has 2 N–H and O–H groups in total. The Labute approximate surface area is 154 Å². The summed E-state index contributed by atoms with van der Waals surface area (Å²) in [7, 11) is 0. The topological polar surface area (TPSA) is 87.5 Å². The van der Waals surface area contributed by atoms with E-state index in [1.54, 1.807) is 10.7 Å². The number of imidazole rings is 1. The molecule has 0 saturated carbocycles. The lowest BCUT2D eigenvalue weighted by atomic mass is 10.2. The van der Waals surface area contributed by atoms with Crippen molar-refractivity contribution >= 4 is 34.1 Å². The van der Waals surface area contributed by atoms with Crippen LogP contribution in [-0.2, 0) is 4.74 Å². The average molecular weight is 362 g/mol. The molecule has 1 aliphatic heterocycles. The molecule has 1 saturated heterocycles. The molecule has 1 aliphatic rings. The molecule has 0 spiro atoms. The molecule has 1 fully saturated rings. The number of rotatable bonds is 3. The molecule has 8 nitrogen and oxygen atoms in total. The molecule has 1 amide bonds. The minimum absolute atomic E-state index is 0.191. The van der Waals surface area contributed by atoms with Crippen LogP contribution >= 0.6 is 0 Å². The van der Waals surface area contributed by atoms with Gasteiger partial charge in [0.05, 0.1) is 41.5 Å². The van der Waals surface area contributed by atoms with E-state index in [1.807, 2.05) is 42.6 Å². The van der Waals surface area contributed by atoms with Gasteiger partial charge in [-0.05, 0) is 30.3 Å². The van der Waals surface area contributed by atoms with Crippen molar-refractivity contribution in [1.82, 2.24) is 19.6 Å². The van der Waals surface area contributed by atoms with Gasteiger partial charge in [-0.2, -0.15) is 5.10 Å². The smallest absolute Gasteiger partial charge is 0.259 e. The number of carbonyl (C=O) groups excluding carboxylic acids is 1. The summed E-state index contributed by atoms with van der Waals surface area (Å²) in [6, 6.07) is 11.3. The molecule has 4 heterocycles. The van der Waals surface area contributed by atoms with Crippen LogP contribution in [0, 0.1) is 0 Å². The summed E-state index contributed by atoms with van der Waals surface area (Å²) in [6.45, 7) is 3.05. The van der Waals surface area contributed by atoms with Crippen molar-refractivity contribution < 1.29 is 9.53 Å². The van der Waals surface area contributed by atoms with Gasteiger partial charge in [0.1, 0.15) is 0 Å². The van der Waals surface area contributed by atoms with E-state index < -0.39 is 0 Å². The molecule has 27 heavy (non-hydrogen) atoms. The highest BCUT2D eigenvalue weighted by Gasteiger charge is 2.16. The van der Waals surface area contributed by atoms with E-state index >= 15 is 0 Å². The summed E-state index contributed by atoms with van der Waals surface area (Å²) >= 11 is 0. The van der Waals surface area contributed by atoms with Gasteiger partial charge in [-0.15, -0.1) is 0 Å². The number of anilines is 2. The molecular weight excluding hydrogens is 344 g/mol. The third-order valence-corrected chi connectivity index (χ3v) is 4.71. The highest BCUT2D eigenvalue weighted by atomic mass is 16.5. The van der Waals surface area contributed by atoms with Gasteiger partial charge < -0.3 is 19.9 Å². The van der Waals surface area contributed by atoms with Gasteiger partial charge in [0, 0.05) is 25.0 Å². The number of nitrogens with zero attached hydrogens (tertiary/aromatic N) is 4. The molecule has 0 atom stereocenters. The molecule has 5 rings (SSSR count). The number of H-pyrrole nitrogens is 1. The number of amides is 1. The second-order valence-electron chi connectivity index (χ2n) is 6.43. The van der Waals surface area contributed by atoms with Crippen LogP contribution in [0.15, 0.2) is 48.8 Å². The van der Waals surface area contributed by atoms with Crippen LogP contribution in [-0.4, -0.2) is 51.8 Å². The number of ether oxygens (including phenoxy) is 1. The summed E-state index contributed by atoms with van der Waals surface area (Å²) < 4.78 is 7.07. The lowest BCUT2D eigenvalue weighted by Crippen LogP contribution is -2.36. The van der Waals surface area contributed by atoms with E-state index in [0.717, 1.165) is 35.6 Å². The van der Waals surface area contributed by atoms with Crippen LogP contribution in [0.2, 0.25) is 0 Å². The lowest BCUT2D eigenvalue weighted by molar-refractivity contribution is 0.102. The molecule has 0 bridgehead atoms. The zero-order chi connectivity index (χ0) is 18.2. The summed E-state index contributed by atoms with van der Waals surface area (Å²) in [6.07, 6.45) is 3.39.